The van der Waals surface area contributed by atoms with Crippen LogP contribution in [0.2, 0.25) is 10.0 Å². The van der Waals surface area contributed by atoms with E-state index in [1.54, 1.807) is 12.1 Å². The smallest absolute Gasteiger partial charge is 0.141 e. The van der Waals surface area contributed by atoms with Crippen LogP contribution >= 0.6 is 23.2 Å². The molecule has 0 bridgehead atoms. The van der Waals surface area contributed by atoms with Crippen molar-refractivity contribution in [3.05, 3.63) is 33.8 Å². The van der Waals surface area contributed by atoms with Crippen LogP contribution in [0.25, 0.3) is 0 Å². The van der Waals surface area contributed by atoms with Crippen molar-refractivity contribution in [2.24, 2.45) is 0 Å². The molecule has 13 heavy (non-hydrogen) atoms. The quantitative estimate of drug-likeness (QED) is 0.611. The molecule has 0 aliphatic carbocycles. The molecule has 0 fully saturated rings. The molecule has 0 aliphatic rings. The van der Waals surface area contributed by atoms with Gasteiger partial charge in [-0.05, 0) is 17.7 Å². The second-order valence-electron chi connectivity index (χ2n) is 2.45. The van der Waals surface area contributed by atoms with Crippen molar-refractivity contribution in [2.75, 3.05) is 6.61 Å². The van der Waals surface area contributed by atoms with Crippen LogP contribution in [0.15, 0.2) is 18.2 Å². The summed E-state index contributed by atoms with van der Waals surface area (Å²) < 4.78 is 0. The second-order valence-corrected chi connectivity index (χ2v) is 3.26. The molecule has 3 nitrogen and oxygen atoms in total. The van der Waals surface area contributed by atoms with Crippen LogP contribution in [0, 0.1) is 0 Å². The van der Waals surface area contributed by atoms with Crippen LogP contribution in [0.1, 0.15) is 11.7 Å². The summed E-state index contributed by atoms with van der Waals surface area (Å²) in [5.41, 5.74) is 0.569. The van der Waals surface area contributed by atoms with E-state index in [0.29, 0.717) is 15.6 Å². The zero-order valence-electron chi connectivity index (χ0n) is 6.58. The van der Waals surface area contributed by atoms with E-state index in [2.05, 4.69) is 4.89 Å². The Morgan fingerprint density at radius 1 is 1.31 bits per heavy atom. The van der Waals surface area contributed by atoms with E-state index in [1.165, 1.54) is 6.07 Å². The average molecular weight is 223 g/mol. The lowest BCUT2D eigenvalue weighted by atomic mass is 10.1. The maximum absolute atomic E-state index is 8.78. The molecule has 0 aromatic heterocycles. The summed E-state index contributed by atoms with van der Waals surface area (Å²) in [6.07, 6.45) is -0.783. The molecule has 0 heterocycles. The molecule has 0 amide bonds. The lowest BCUT2D eigenvalue weighted by Gasteiger charge is -2.10. The SMILES string of the molecule is OCC(OO)c1ccc(Cl)c(Cl)c1. The Hall–Kier alpha value is -0.320. The summed E-state index contributed by atoms with van der Waals surface area (Å²) in [6, 6.07) is 4.72. The molecule has 72 valence electrons. The third-order valence-electron chi connectivity index (χ3n) is 1.61. The average Bonchev–Trinajstić information content (AvgIpc) is 2.13. The number of rotatable bonds is 3. The zero-order valence-corrected chi connectivity index (χ0v) is 8.09. The molecule has 5 heteroatoms. The van der Waals surface area contributed by atoms with E-state index < -0.39 is 6.10 Å². The highest BCUT2D eigenvalue weighted by Crippen LogP contribution is 2.26. The Labute approximate surface area is 85.4 Å². The van der Waals surface area contributed by atoms with E-state index in [-0.39, 0.29) is 6.61 Å². The Morgan fingerprint density at radius 2 is 2.00 bits per heavy atom. The van der Waals surface area contributed by atoms with Gasteiger partial charge in [-0.3, -0.25) is 5.26 Å². The minimum Gasteiger partial charge on any atom is -0.393 e. The van der Waals surface area contributed by atoms with Gasteiger partial charge in [0.25, 0.3) is 0 Å². The summed E-state index contributed by atoms with van der Waals surface area (Å²) in [5, 5.41) is 18.0. The number of aliphatic hydroxyl groups excluding tert-OH is 1. The highest BCUT2D eigenvalue weighted by molar-refractivity contribution is 6.42. The van der Waals surface area contributed by atoms with Crippen molar-refractivity contribution in [2.45, 2.75) is 6.10 Å². The van der Waals surface area contributed by atoms with Gasteiger partial charge in [0.2, 0.25) is 0 Å². The van der Waals surface area contributed by atoms with Crippen LogP contribution in [-0.4, -0.2) is 17.0 Å². The van der Waals surface area contributed by atoms with Gasteiger partial charge in [-0.2, -0.15) is 0 Å². The molecule has 1 rings (SSSR count). The summed E-state index contributed by atoms with van der Waals surface area (Å²) in [4.78, 5) is 4.03. The first-order chi connectivity index (χ1) is 6.19. The topological polar surface area (TPSA) is 49.7 Å². The van der Waals surface area contributed by atoms with Crippen LogP contribution in [-0.2, 0) is 4.89 Å². The molecule has 0 saturated carbocycles. The van der Waals surface area contributed by atoms with Crippen molar-refractivity contribution < 1.29 is 15.3 Å². The Bertz CT molecular complexity index is 287. The van der Waals surface area contributed by atoms with E-state index in [1.807, 2.05) is 0 Å². The standard InChI is InChI=1S/C8H8Cl2O3/c9-6-2-1-5(3-7(6)10)8(4-11)13-12/h1-3,8,11-12H,4H2. The van der Waals surface area contributed by atoms with Gasteiger partial charge in [0.05, 0.1) is 16.7 Å². The zero-order chi connectivity index (χ0) is 9.84. The molecule has 0 radical (unpaired) electrons. The van der Waals surface area contributed by atoms with Crippen molar-refractivity contribution in [1.82, 2.24) is 0 Å². The minimum absolute atomic E-state index is 0.325. The van der Waals surface area contributed by atoms with Crippen molar-refractivity contribution >= 4 is 23.2 Å². The summed E-state index contributed by atoms with van der Waals surface area (Å²) in [7, 11) is 0. The monoisotopic (exact) mass is 222 g/mol. The summed E-state index contributed by atoms with van der Waals surface area (Å²) in [6.45, 7) is -0.325. The normalized spacial score (nSPS) is 12.9. The molecule has 0 spiro atoms. The van der Waals surface area contributed by atoms with Gasteiger partial charge in [0.1, 0.15) is 6.10 Å². The Morgan fingerprint density at radius 3 is 2.46 bits per heavy atom. The van der Waals surface area contributed by atoms with Gasteiger partial charge in [-0.15, -0.1) is 0 Å². The molecule has 0 aliphatic heterocycles. The van der Waals surface area contributed by atoms with E-state index in [9.17, 15) is 0 Å². The molecule has 0 saturated heterocycles. The molecule has 1 unspecified atom stereocenters. The van der Waals surface area contributed by atoms with Gasteiger partial charge in [0.15, 0.2) is 0 Å². The van der Waals surface area contributed by atoms with E-state index in [0.717, 1.165) is 0 Å². The molecule has 1 aromatic rings. The third-order valence-corrected chi connectivity index (χ3v) is 2.35. The first kappa shape index (κ1) is 10.8. The van der Waals surface area contributed by atoms with Crippen molar-refractivity contribution in [1.29, 1.82) is 0 Å². The van der Waals surface area contributed by atoms with Gasteiger partial charge in [-0.1, -0.05) is 29.3 Å². The van der Waals surface area contributed by atoms with Gasteiger partial charge in [-0.25, -0.2) is 4.89 Å². The predicted octanol–water partition coefficient (Wildman–Crippen LogP) is 2.52. The first-order valence-corrected chi connectivity index (χ1v) is 4.30. The summed E-state index contributed by atoms with van der Waals surface area (Å²) >= 11 is 11.4. The van der Waals surface area contributed by atoms with Crippen molar-refractivity contribution in [3.8, 4) is 0 Å². The van der Waals surface area contributed by atoms with E-state index >= 15 is 0 Å². The van der Waals surface area contributed by atoms with Gasteiger partial charge < -0.3 is 5.11 Å². The Kier molecular flexibility index (Phi) is 3.96. The fourth-order valence-corrected chi connectivity index (χ4v) is 1.22. The lowest BCUT2D eigenvalue weighted by Crippen LogP contribution is -2.06. The molecular formula is C8H8Cl2O3. The Balaban J connectivity index is 2.95. The first-order valence-electron chi connectivity index (χ1n) is 3.55. The maximum Gasteiger partial charge on any atom is 0.141 e. The second kappa shape index (κ2) is 4.79. The van der Waals surface area contributed by atoms with Crippen LogP contribution < -0.4 is 0 Å². The fraction of sp³-hybridized carbons (Fsp3) is 0.250. The lowest BCUT2D eigenvalue weighted by molar-refractivity contribution is -0.288. The highest BCUT2D eigenvalue weighted by atomic mass is 35.5. The fourth-order valence-electron chi connectivity index (χ4n) is 0.912. The van der Waals surface area contributed by atoms with Gasteiger partial charge in [0, 0.05) is 0 Å². The molecule has 1 atom stereocenters. The maximum atomic E-state index is 8.78. The minimum atomic E-state index is -0.783. The number of halogens is 2. The molecule has 1 aromatic carbocycles. The highest BCUT2D eigenvalue weighted by Gasteiger charge is 2.11. The number of aliphatic hydroxyl groups is 1. The molecular weight excluding hydrogens is 215 g/mol. The van der Waals surface area contributed by atoms with Crippen LogP contribution in [0.4, 0.5) is 0 Å². The summed E-state index contributed by atoms with van der Waals surface area (Å²) in [5.74, 6) is 0. The third kappa shape index (κ3) is 2.56. The van der Waals surface area contributed by atoms with Gasteiger partial charge >= 0.3 is 0 Å². The number of hydrogen-bond donors (Lipinski definition) is 2. The predicted molar refractivity (Wildman–Crippen MR) is 50.0 cm³/mol. The van der Waals surface area contributed by atoms with Crippen molar-refractivity contribution in [3.63, 3.8) is 0 Å². The van der Waals surface area contributed by atoms with Crippen LogP contribution in [0.5, 0.6) is 0 Å². The number of benzene rings is 1. The van der Waals surface area contributed by atoms with Crippen LogP contribution in [0.3, 0.4) is 0 Å². The largest absolute Gasteiger partial charge is 0.393 e. The number of hydrogen-bond acceptors (Lipinski definition) is 3. The van der Waals surface area contributed by atoms with E-state index in [4.69, 9.17) is 33.6 Å². The molecule has 2 N–H and O–H groups in total.